The Balaban J connectivity index is 1.30. The van der Waals surface area contributed by atoms with Crippen molar-refractivity contribution in [2.45, 2.75) is 12.7 Å². The highest BCUT2D eigenvalue weighted by atomic mass is 35.5. The molecule has 0 unspecified atom stereocenters. The number of aliphatic hydroxyl groups is 1. The number of rotatable bonds is 9. The van der Waals surface area contributed by atoms with Crippen LogP contribution in [0, 0.1) is 0 Å². The molecule has 1 aliphatic rings. The number of carbonyl (C=O) groups is 1. The van der Waals surface area contributed by atoms with Crippen LogP contribution in [-0.2, 0) is 16.1 Å². The average molecular weight is 536 g/mol. The highest BCUT2D eigenvalue weighted by Crippen LogP contribution is 2.34. The van der Waals surface area contributed by atoms with Crippen molar-refractivity contribution in [2.75, 3.05) is 38.2 Å². The monoisotopic (exact) mass is 535 g/mol. The van der Waals surface area contributed by atoms with E-state index in [0.29, 0.717) is 65.2 Å². The summed E-state index contributed by atoms with van der Waals surface area (Å²) in [6.45, 7) is 1.18. The molecular weight excluding hydrogens is 510 g/mol. The van der Waals surface area contributed by atoms with E-state index in [1.807, 2.05) is 42.5 Å². The first-order valence-corrected chi connectivity index (χ1v) is 12.4. The van der Waals surface area contributed by atoms with Gasteiger partial charge >= 0.3 is 0 Å². The van der Waals surface area contributed by atoms with Gasteiger partial charge in [-0.15, -0.1) is 0 Å². The average Bonchev–Trinajstić information content (AvgIpc) is 2.96. The Hall–Kier alpha value is -3.99. The van der Waals surface area contributed by atoms with E-state index in [1.54, 1.807) is 23.2 Å². The minimum atomic E-state index is -0.523. The molecule has 5 rings (SSSR count). The number of nitrogens with one attached hydrogen (secondary N) is 1. The van der Waals surface area contributed by atoms with Crippen LogP contribution in [0.15, 0.2) is 67.1 Å². The molecule has 0 bridgehead atoms. The molecule has 1 saturated heterocycles. The largest absolute Gasteiger partial charge is 0.490 e. The Morgan fingerprint density at radius 1 is 1.11 bits per heavy atom. The van der Waals surface area contributed by atoms with E-state index in [9.17, 15) is 4.79 Å². The maximum Gasteiger partial charge on any atom is 0.248 e. The number of fused-ring (bicyclic) bond motifs is 1. The molecule has 2 aromatic heterocycles. The van der Waals surface area contributed by atoms with E-state index in [0.717, 1.165) is 5.69 Å². The van der Waals surface area contributed by atoms with Gasteiger partial charge in [-0.05, 0) is 42.5 Å². The molecule has 0 spiro atoms. The zero-order valence-corrected chi connectivity index (χ0v) is 21.2. The first-order chi connectivity index (χ1) is 18.6. The number of hydrogen-bond donors (Lipinski definition) is 2. The number of benzene rings is 2. The summed E-state index contributed by atoms with van der Waals surface area (Å²) >= 11 is 6.49. The van der Waals surface area contributed by atoms with Gasteiger partial charge < -0.3 is 29.5 Å². The van der Waals surface area contributed by atoms with E-state index in [1.165, 1.54) is 6.33 Å². The summed E-state index contributed by atoms with van der Waals surface area (Å²) in [5, 5.41) is 13.6. The minimum Gasteiger partial charge on any atom is -0.490 e. The van der Waals surface area contributed by atoms with Crippen molar-refractivity contribution in [3.63, 3.8) is 0 Å². The fourth-order valence-corrected chi connectivity index (χ4v) is 4.33. The Labute approximate surface area is 224 Å². The van der Waals surface area contributed by atoms with Gasteiger partial charge in [0, 0.05) is 18.4 Å². The van der Waals surface area contributed by atoms with Gasteiger partial charge in [-0.2, -0.15) is 0 Å². The van der Waals surface area contributed by atoms with E-state index in [2.05, 4.69) is 20.3 Å². The molecular formula is C27H26ClN5O5. The summed E-state index contributed by atoms with van der Waals surface area (Å²) in [4.78, 5) is 26.5. The number of halogens is 1. The lowest BCUT2D eigenvalue weighted by atomic mass is 10.2. The highest BCUT2D eigenvalue weighted by molar-refractivity contribution is 6.32. The molecule has 1 fully saturated rings. The summed E-state index contributed by atoms with van der Waals surface area (Å²) < 4.78 is 17.7. The molecule has 0 radical (unpaired) electrons. The molecule has 2 N–H and O–H groups in total. The molecule has 11 heteroatoms. The number of nitrogens with zero attached hydrogens (tertiary/aromatic N) is 4. The van der Waals surface area contributed by atoms with Crippen LogP contribution in [0.5, 0.6) is 11.5 Å². The van der Waals surface area contributed by atoms with Crippen LogP contribution in [0.1, 0.15) is 5.69 Å². The second kappa shape index (κ2) is 12.0. The SMILES string of the molecule is O=C(CO)N1CCO[C@H](COc2cccc3ncnc(Nc4ccc(OCc5ccccn5)c(Cl)c4)c23)C1. The quantitative estimate of drug-likeness (QED) is 0.331. The van der Waals surface area contributed by atoms with Crippen LogP contribution in [0.25, 0.3) is 10.9 Å². The molecule has 1 amide bonds. The summed E-state index contributed by atoms with van der Waals surface area (Å²) in [6.07, 6.45) is 2.86. The third-order valence-corrected chi connectivity index (χ3v) is 6.27. The van der Waals surface area contributed by atoms with Crippen molar-refractivity contribution in [3.05, 3.63) is 77.8 Å². The topological polar surface area (TPSA) is 119 Å². The number of pyridine rings is 1. The normalized spacial score (nSPS) is 15.3. The number of aliphatic hydroxyl groups excluding tert-OH is 1. The van der Waals surface area contributed by atoms with Gasteiger partial charge in [0.2, 0.25) is 5.91 Å². The molecule has 38 heavy (non-hydrogen) atoms. The van der Waals surface area contributed by atoms with Crippen molar-refractivity contribution in [3.8, 4) is 11.5 Å². The van der Waals surface area contributed by atoms with Crippen LogP contribution in [0.2, 0.25) is 5.02 Å². The van der Waals surface area contributed by atoms with Crippen LogP contribution in [0.3, 0.4) is 0 Å². The van der Waals surface area contributed by atoms with Gasteiger partial charge in [0.25, 0.3) is 0 Å². The number of anilines is 2. The molecule has 10 nitrogen and oxygen atoms in total. The highest BCUT2D eigenvalue weighted by Gasteiger charge is 2.24. The maximum absolute atomic E-state index is 11.9. The summed E-state index contributed by atoms with van der Waals surface area (Å²) in [5.41, 5.74) is 2.21. The Kier molecular flexibility index (Phi) is 8.12. The lowest BCUT2D eigenvalue weighted by molar-refractivity contribution is -0.142. The lowest BCUT2D eigenvalue weighted by Crippen LogP contribution is -2.48. The van der Waals surface area contributed by atoms with Gasteiger partial charge in [0.05, 0.1) is 34.8 Å². The predicted octanol–water partition coefficient (Wildman–Crippen LogP) is 3.60. The molecule has 3 heterocycles. The maximum atomic E-state index is 11.9. The zero-order chi connectivity index (χ0) is 26.3. The van der Waals surface area contributed by atoms with Crippen molar-refractivity contribution in [1.29, 1.82) is 0 Å². The van der Waals surface area contributed by atoms with Crippen LogP contribution >= 0.6 is 11.6 Å². The van der Waals surface area contributed by atoms with E-state index in [4.69, 9.17) is 30.9 Å². The molecule has 4 aromatic rings. The molecule has 196 valence electrons. The number of amides is 1. The molecule has 0 aliphatic carbocycles. The Morgan fingerprint density at radius 3 is 2.84 bits per heavy atom. The van der Waals surface area contributed by atoms with Gasteiger partial charge in [-0.25, -0.2) is 9.97 Å². The number of aromatic nitrogens is 3. The number of ether oxygens (including phenoxy) is 3. The van der Waals surface area contributed by atoms with Gasteiger partial charge in [0.1, 0.15) is 49.6 Å². The van der Waals surface area contributed by atoms with E-state index >= 15 is 0 Å². The van der Waals surface area contributed by atoms with Crippen LogP contribution in [0.4, 0.5) is 11.5 Å². The van der Waals surface area contributed by atoms with Crippen molar-refractivity contribution in [1.82, 2.24) is 19.9 Å². The molecule has 0 saturated carbocycles. The van der Waals surface area contributed by atoms with Crippen molar-refractivity contribution < 1.29 is 24.1 Å². The van der Waals surface area contributed by atoms with Gasteiger partial charge in [-0.1, -0.05) is 23.7 Å². The fourth-order valence-electron chi connectivity index (χ4n) is 4.09. The van der Waals surface area contributed by atoms with E-state index < -0.39 is 6.61 Å². The summed E-state index contributed by atoms with van der Waals surface area (Å²) in [7, 11) is 0. The van der Waals surface area contributed by atoms with E-state index in [-0.39, 0.29) is 18.6 Å². The predicted molar refractivity (Wildman–Crippen MR) is 142 cm³/mol. The standard InChI is InChI=1S/C27H26ClN5O5/c28-21-12-18(7-8-23(21)37-15-19-4-1-2-9-29-19)32-27-26-22(30-17-31-27)5-3-6-24(26)38-16-20-13-33(10-11-36-20)25(35)14-34/h1-9,12,17,20,34H,10-11,13-16H2,(H,30,31,32)/t20-/m0/s1. The zero-order valence-electron chi connectivity index (χ0n) is 20.4. The summed E-state index contributed by atoms with van der Waals surface area (Å²) in [5.74, 6) is 1.34. The Bertz CT molecular complexity index is 1400. The fraction of sp³-hybridized carbons (Fsp3) is 0.259. The smallest absolute Gasteiger partial charge is 0.248 e. The second-order valence-electron chi connectivity index (χ2n) is 8.55. The summed E-state index contributed by atoms with van der Waals surface area (Å²) in [6, 6.07) is 16.6. The third kappa shape index (κ3) is 6.10. The third-order valence-electron chi connectivity index (χ3n) is 5.97. The first-order valence-electron chi connectivity index (χ1n) is 12.1. The number of hydrogen-bond acceptors (Lipinski definition) is 9. The second-order valence-corrected chi connectivity index (χ2v) is 8.96. The molecule has 2 aromatic carbocycles. The van der Waals surface area contributed by atoms with Crippen molar-refractivity contribution in [2.24, 2.45) is 0 Å². The van der Waals surface area contributed by atoms with Gasteiger partial charge in [-0.3, -0.25) is 9.78 Å². The van der Waals surface area contributed by atoms with Crippen LogP contribution in [-0.4, -0.2) is 69.9 Å². The minimum absolute atomic E-state index is 0.219. The lowest BCUT2D eigenvalue weighted by Gasteiger charge is -2.32. The molecule has 1 aliphatic heterocycles. The van der Waals surface area contributed by atoms with Crippen LogP contribution < -0.4 is 14.8 Å². The van der Waals surface area contributed by atoms with Crippen molar-refractivity contribution >= 4 is 39.9 Å². The first kappa shape index (κ1) is 25.7. The number of morpholine rings is 1. The number of carbonyl (C=O) groups excluding carboxylic acids is 1. The Morgan fingerprint density at radius 2 is 2.03 bits per heavy atom. The van der Waals surface area contributed by atoms with Gasteiger partial charge in [0.15, 0.2) is 0 Å². The molecule has 1 atom stereocenters.